The molecular formula is C23H28N2O6S. The first-order valence-electron chi connectivity index (χ1n) is 10.7. The molecule has 0 radical (unpaired) electrons. The zero-order chi connectivity index (χ0) is 22.7. The van der Waals surface area contributed by atoms with Crippen LogP contribution in [-0.4, -0.2) is 59.2 Å². The Bertz CT molecular complexity index is 1100. The average Bonchev–Trinajstić information content (AvgIpc) is 3.35. The summed E-state index contributed by atoms with van der Waals surface area (Å²) in [5.41, 5.74) is 2.44. The predicted molar refractivity (Wildman–Crippen MR) is 119 cm³/mol. The van der Waals surface area contributed by atoms with Gasteiger partial charge in [-0.2, -0.15) is 0 Å². The molecule has 0 aliphatic carbocycles. The summed E-state index contributed by atoms with van der Waals surface area (Å²) in [6, 6.07) is 10.0. The quantitative estimate of drug-likeness (QED) is 0.682. The van der Waals surface area contributed by atoms with E-state index >= 15 is 0 Å². The molecule has 2 aromatic rings. The van der Waals surface area contributed by atoms with E-state index in [-0.39, 0.29) is 23.5 Å². The number of hydrogen-bond acceptors (Lipinski definition) is 6. The first-order valence-corrected chi connectivity index (χ1v) is 12.1. The second-order valence-electron chi connectivity index (χ2n) is 7.97. The number of rotatable bonds is 7. The fraction of sp³-hybridized carbons (Fsp3) is 0.435. The third-order valence-electron chi connectivity index (χ3n) is 5.92. The molecule has 1 fully saturated rings. The van der Waals surface area contributed by atoms with E-state index in [9.17, 15) is 13.2 Å². The van der Waals surface area contributed by atoms with Crippen LogP contribution in [0.1, 0.15) is 34.3 Å². The van der Waals surface area contributed by atoms with Crippen molar-refractivity contribution in [2.24, 2.45) is 0 Å². The van der Waals surface area contributed by atoms with Crippen molar-refractivity contribution in [2.75, 3.05) is 33.9 Å². The Kier molecular flexibility index (Phi) is 6.68. The van der Waals surface area contributed by atoms with Crippen LogP contribution in [0.15, 0.2) is 41.3 Å². The van der Waals surface area contributed by atoms with Crippen molar-refractivity contribution in [3.8, 4) is 11.5 Å². The van der Waals surface area contributed by atoms with Gasteiger partial charge in [-0.1, -0.05) is 6.07 Å². The Morgan fingerprint density at radius 3 is 2.59 bits per heavy atom. The highest BCUT2D eigenvalue weighted by Gasteiger charge is 2.25. The number of sulfonamides is 1. The minimum absolute atomic E-state index is 0.0742. The van der Waals surface area contributed by atoms with Crippen molar-refractivity contribution in [1.82, 2.24) is 9.62 Å². The number of methoxy groups -OCH3 is 2. The second-order valence-corrected chi connectivity index (χ2v) is 9.73. The molecule has 1 saturated heterocycles. The summed E-state index contributed by atoms with van der Waals surface area (Å²) < 4.78 is 44.3. The lowest BCUT2D eigenvalue weighted by Crippen LogP contribution is -2.36. The molecule has 1 N–H and O–H groups in total. The van der Waals surface area contributed by atoms with Crippen LogP contribution in [0.2, 0.25) is 0 Å². The van der Waals surface area contributed by atoms with E-state index < -0.39 is 10.0 Å². The normalized spacial score (nSPS) is 18.3. The van der Waals surface area contributed by atoms with E-state index in [0.717, 1.165) is 24.0 Å². The Morgan fingerprint density at radius 2 is 1.91 bits per heavy atom. The molecule has 0 aromatic heterocycles. The molecule has 9 heteroatoms. The molecule has 8 nitrogen and oxygen atoms in total. The molecule has 0 unspecified atom stereocenters. The molecular weight excluding hydrogens is 432 g/mol. The van der Waals surface area contributed by atoms with E-state index in [1.54, 1.807) is 31.3 Å². The molecule has 1 atom stereocenters. The number of benzene rings is 2. The van der Waals surface area contributed by atoms with Gasteiger partial charge in [0.15, 0.2) is 11.5 Å². The maximum atomic E-state index is 13.2. The zero-order valence-electron chi connectivity index (χ0n) is 18.3. The van der Waals surface area contributed by atoms with Crippen molar-refractivity contribution < 1.29 is 27.4 Å². The van der Waals surface area contributed by atoms with Gasteiger partial charge in [0.2, 0.25) is 10.0 Å². The topological polar surface area (TPSA) is 94.2 Å². The fourth-order valence-electron chi connectivity index (χ4n) is 4.13. The summed E-state index contributed by atoms with van der Waals surface area (Å²) in [7, 11) is -0.556. The summed E-state index contributed by atoms with van der Waals surface area (Å²) in [5.74, 6) is 1.08. The first-order chi connectivity index (χ1) is 15.4. The number of nitrogens with zero attached hydrogens (tertiary/aromatic N) is 1. The van der Waals surface area contributed by atoms with Gasteiger partial charge >= 0.3 is 0 Å². The fourth-order valence-corrected chi connectivity index (χ4v) is 5.24. The molecule has 1 amide bonds. The van der Waals surface area contributed by atoms with E-state index in [1.807, 2.05) is 12.1 Å². The number of ether oxygens (including phenoxy) is 3. The Labute approximate surface area is 188 Å². The van der Waals surface area contributed by atoms with Crippen LogP contribution in [0.5, 0.6) is 11.5 Å². The number of nitrogens with one attached hydrogen (secondary N) is 1. The Balaban J connectivity index is 1.49. The van der Waals surface area contributed by atoms with Crippen molar-refractivity contribution in [3.05, 3.63) is 53.1 Å². The molecule has 0 spiro atoms. The Hall–Kier alpha value is -2.62. The lowest BCUT2D eigenvalue weighted by molar-refractivity contribution is 0.0734. The van der Waals surface area contributed by atoms with Gasteiger partial charge in [-0.25, -0.2) is 13.1 Å². The monoisotopic (exact) mass is 460 g/mol. The molecule has 0 saturated carbocycles. The number of amides is 1. The maximum absolute atomic E-state index is 13.2. The highest BCUT2D eigenvalue weighted by molar-refractivity contribution is 7.89. The maximum Gasteiger partial charge on any atom is 0.254 e. The van der Waals surface area contributed by atoms with Gasteiger partial charge < -0.3 is 19.1 Å². The summed E-state index contributed by atoms with van der Waals surface area (Å²) in [4.78, 5) is 15.0. The van der Waals surface area contributed by atoms with Crippen LogP contribution < -0.4 is 14.2 Å². The van der Waals surface area contributed by atoms with Gasteiger partial charge in [-0.3, -0.25) is 4.79 Å². The lowest BCUT2D eigenvalue weighted by atomic mass is 9.98. The number of hydrogen-bond donors (Lipinski definition) is 1. The minimum atomic E-state index is -3.73. The second kappa shape index (κ2) is 9.48. The smallest absolute Gasteiger partial charge is 0.254 e. The zero-order valence-corrected chi connectivity index (χ0v) is 19.1. The molecule has 172 valence electrons. The summed E-state index contributed by atoms with van der Waals surface area (Å²) in [6.07, 6.45) is 2.36. The van der Waals surface area contributed by atoms with E-state index in [1.165, 1.54) is 12.1 Å². The number of carbonyl (C=O) groups is 1. The molecule has 4 rings (SSSR count). The standard InChI is InChI=1S/C23H28N2O6S/c1-29-21-12-16-8-9-25(15-18(16)13-22(21)30-2)23(26)17-5-3-7-20(11-17)32(27,28)24-14-19-6-4-10-31-19/h3,5,7,11-13,19,24H,4,6,8-10,14-15H2,1-2H3/t19-/m1/s1. The van der Waals surface area contributed by atoms with Gasteiger partial charge in [-0.05, 0) is 60.7 Å². The van der Waals surface area contributed by atoms with E-state index in [4.69, 9.17) is 14.2 Å². The van der Waals surface area contributed by atoms with E-state index in [0.29, 0.717) is 43.2 Å². The largest absolute Gasteiger partial charge is 0.493 e. The van der Waals surface area contributed by atoms with Crippen LogP contribution in [-0.2, 0) is 27.7 Å². The highest BCUT2D eigenvalue weighted by atomic mass is 32.2. The minimum Gasteiger partial charge on any atom is -0.493 e. The molecule has 2 aliphatic heterocycles. The molecule has 32 heavy (non-hydrogen) atoms. The summed E-state index contributed by atoms with van der Waals surface area (Å²) in [6.45, 7) is 1.85. The van der Waals surface area contributed by atoms with Crippen LogP contribution in [0.25, 0.3) is 0 Å². The SMILES string of the molecule is COc1cc2c(cc1OC)CN(C(=O)c1cccc(S(=O)(=O)NC[C@H]3CCCO3)c1)CC2. The number of carbonyl (C=O) groups excluding carboxylic acids is 1. The van der Waals surface area contributed by atoms with E-state index in [2.05, 4.69) is 4.72 Å². The van der Waals surface area contributed by atoms with Crippen molar-refractivity contribution in [3.63, 3.8) is 0 Å². The molecule has 0 bridgehead atoms. The van der Waals surface area contributed by atoms with Crippen LogP contribution in [0, 0.1) is 0 Å². The lowest BCUT2D eigenvalue weighted by Gasteiger charge is -2.30. The van der Waals surface area contributed by atoms with Crippen molar-refractivity contribution in [1.29, 1.82) is 0 Å². The average molecular weight is 461 g/mol. The molecule has 2 aromatic carbocycles. The Morgan fingerprint density at radius 1 is 1.16 bits per heavy atom. The van der Waals surface area contributed by atoms with Gasteiger partial charge in [0.25, 0.3) is 5.91 Å². The van der Waals surface area contributed by atoms with Gasteiger partial charge in [0.05, 0.1) is 25.2 Å². The summed E-state index contributed by atoms with van der Waals surface area (Å²) in [5, 5.41) is 0. The van der Waals surface area contributed by atoms with Gasteiger partial charge in [-0.15, -0.1) is 0 Å². The predicted octanol–water partition coefficient (Wildman–Crippen LogP) is 2.36. The van der Waals surface area contributed by atoms with Gasteiger partial charge in [0.1, 0.15) is 0 Å². The first kappa shape index (κ1) is 22.6. The molecule has 2 heterocycles. The van der Waals surface area contributed by atoms with Crippen LogP contribution >= 0.6 is 0 Å². The number of fused-ring (bicyclic) bond motifs is 1. The highest BCUT2D eigenvalue weighted by Crippen LogP contribution is 2.33. The summed E-state index contributed by atoms with van der Waals surface area (Å²) >= 11 is 0. The molecule has 2 aliphatic rings. The van der Waals surface area contributed by atoms with Gasteiger partial charge in [0, 0.05) is 31.8 Å². The third-order valence-corrected chi connectivity index (χ3v) is 7.34. The third kappa shape index (κ3) is 4.74. The van der Waals surface area contributed by atoms with Crippen LogP contribution in [0.3, 0.4) is 0 Å². The van der Waals surface area contributed by atoms with Crippen molar-refractivity contribution >= 4 is 15.9 Å². The van der Waals surface area contributed by atoms with Crippen LogP contribution in [0.4, 0.5) is 0 Å². The van der Waals surface area contributed by atoms with Crippen molar-refractivity contribution in [2.45, 2.75) is 36.8 Å².